The fraction of sp³-hybridized carbons (Fsp3) is 0.357. The Hall–Kier alpha value is -1.89. The summed E-state index contributed by atoms with van der Waals surface area (Å²) in [7, 11) is 0. The first kappa shape index (κ1) is 18.2. The Balaban J connectivity index is 2.91. The first-order valence-electron chi connectivity index (χ1n) is 6.32. The average Bonchev–Trinajstić information content (AvgIpc) is 2.46. The van der Waals surface area contributed by atoms with Gasteiger partial charge in [-0.2, -0.15) is 13.2 Å². The predicted octanol–water partition coefficient (Wildman–Crippen LogP) is 3.43. The summed E-state index contributed by atoms with van der Waals surface area (Å²) in [5.74, 6) is -0.919. The molecule has 0 unspecified atom stereocenters. The molecule has 0 radical (unpaired) electrons. The van der Waals surface area contributed by atoms with Gasteiger partial charge in [0.15, 0.2) is 0 Å². The number of alkyl halides is 3. The Labute approximate surface area is 131 Å². The van der Waals surface area contributed by atoms with Gasteiger partial charge in [-0.15, -0.1) is 0 Å². The number of rotatable bonds is 4. The topological polar surface area (TPSA) is 54.4 Å². The van der Waals surface area contributed by atoms with Crippen LogP contribution in [0.3, 0.4) is 0 Å². The molecular weight excluding hydrogens is 319 g/mol. The summed E-state index contributed by atoms with van der Waals surface area (Å²) < 4.78 is 37.2. The highest BCUT2D eigenvalue weighted by molar-refractivity contribution is 6.32. The van der Waals surface area contributed by atoms with Gasteiger partial charge in [0, 0.05) is 23.7 Å². The van der Waals surface area contributed by atoms with E-state index in [1.807, 2.05) is 5.32 Å². The number of nitrogens with one attached hydrogen (secondary N) is 1. The lowest BCUT2D eigenvalue weighted by molar-refractivity contribution is -0.156. The highest BCUT2D eigenvalue weighted by Gasteiger charge is 2.37. The van der Waals surface area contributed by atoms with Gasteiger partial charge in [-0.1, -0.05) is 17.7 Å². The summed E-state index contributed by atoms with van der Waals surface area (Å²) in [4.78, 5) is 19.7. The van der Waals surface area contributed by atoms with Gasteiger partial charge >= 0.3 is 6.18 Å². The van der Waals surface area contributed by atoms with Crippen LogP contribution in [0.4, 0.5) is 13.2 Å². The van der Waals surface area contributed by atoms with Crippen LogP contribution in [0.2, 0.25) is 0 Å². The van der Waals surface area contributed by atoms with Crippen LogP contribution in [0.1, 0.15) is 26.3 Å². The van der Waals surface area contributed by atoms with Crippen LogP contribution >= 0.6 is 11.6 Å². The van der Waals surface area contributed by atoms with Crippen LogP contribution in [0.25, 0.3) is 0 Å². The molecule has 8 heteroatoms. The molecule has 0 fully saturated rings. The Kier molecular flexibility index (Phi) is 6.11. The molecular formula is C14H15ClF3N3O. The van der Waals surface area contributed by atoms with Crippen LogP contribution in [-0.2, 0) is 4.79 Å². The molecule has 4 nitrogen and oxygen atoms in total. The van der Waals surface area contributed by atoms with Crippen molar-refractivity contribution < 1.29 is 18.0 Å². The van der Waals surface area contributed by atoms with Crippen molar-refractivity contribution in [1.29, 1.82) is 0 Å². The molecule has 1 heterocycles. The summed E-state index contributed by atoms with van der Waals surface area (Å²) in [5.41, 5.74) is 1.09. The number of aliphatic imine (C=N–C) groups is 1. The van der Waals surface area contributed by atoms with Gasteiger partial charge in [-0.25, -0.2) is 4.99 Å². The molecule has 120 valence electrons. The van der Waals surface area contributed by atoms with E-state index in [0.29, 0.717) is 11.3 Å². The van der Waals surface area contributed by atoms with Gasteiger partial charge in [-0.05, 0) is 26.8 Å². The van der Waals surface area contributed by atoms with E-state index >= 15 is 0 Å². The fourth-order valence-corrected chi connectivity index (χ4v) is 1.57. The molecule has 0 aliphatic rings. The Bertz CT molecular complexity index is 597. The molecule has 22 heavy (non-hydrogen) atoms. The largest absolute Gasteiger partial charge is 0.408 e. The van der Waals surface area contributed by atoms with E-state index in [2.05, 4.69) is 9.98 Å². The van der Waals surface area contributed by atoms with Crippen molar-refractivity contribution in [3.8, 4) is 0 Å². The molecule has 0 spiro atoms. The van der Waals surface area contributed by atoms with E-state index in [4.69, 9.17) is 11.6 Å². The minimum Gasteiger partial charge on any atom is -0.341 e. The van der Waals surface area contributed by atoms with E-state index in [0.717, 1.165) is 6.92 Å². The Morgan fingerprint density at radius 3 is 2.55 bits per heavy atom. The Morgan fingerprint density at radius 2 is 2.05 bits per heavy atom. The highest BCUT2D eigenvalue weighted by Crippen LogP contribution is 2.20. The van der Waals surface area contributed by atoms with Gasteiger partial charge in [0.2, 0.25) is 0 Å². The molecule has 0 bridgehead atoms. The summed E-state index contributed by atoms with van der Waals surface area (Å²) >= 11 is 5.90. The van der Waals surface area contributed by atoms with Crippen LogP contribution in [0, 0.1) is 0 Å². The standard InChI is InChI=1S/C14H15ClF3N3O/c1-8(13(22)21-10(3)14(16,17)18)12(15)20-9(2)11-5-4-6-19-7-11/h4-7,10H,1-3H3,(H,21,22)/b12-8+,20-9+/t10-/m1/s1. The molecule has 1 aromatic rings. The number of hydrogen-bond donors (Lipinski definition) is 1. The van der Waals surface area contributed by atoms with Gasteiger partial charge in [-0.3, -0.25) is 9.78 Å². The fourth-order valence-electron chi connectivity index (χ4n) is 1.35. The van der Waals surface area contributed by atoms with E-state index < -0.39 is 18.1 Å². The number of nitrogens with zero attached hydrogens (tertiary/aromatic N) is 2. The second-order valence-electron chi connectivity index (χ2n) is 4.59. The number of carbonyl (C=O) groups excluding carboxylic acids is 1. The molecule has 0 saturated heterocycles. The predicted molar refractivity (Wildman–Crippen MR) is 78.7 cm³/mol. The molecule has 1 aromatic heterocycles. The summed E-state index contributed by atoms with van der Waals surface area (Å²) in [6.45, 7) is 3.81. The van der Waals surface area contributed by atoms with Crippen molar-refractivity contribution >= 4 is 23.2 Å². The maximum absolute atomic E-state index is 12.4. The van der Waals surface area contributed by atoms with Crippen molar-refractivity contribution in [2.45, 2.75) is 33.0 Å². The number of pyridine rings is 1. The first-order chi connectivity index (χ1) is 10.1. The maximum atomic E-state index is 12.4. The zero-order valence-electron chi connectivity index (χ0n) is 12.2. The van der Waals surface area contributed by atoms with Crippen LogP contribution < -0.4 is 5.32 Å². The van der Waals surface area contributed by atoms with Gasteiger partial charge in [0.25, 0.3) is 5.91 Å². The molecule has 0 aliphatic heterocycles. The van der Waals surface area contributed by atoms with Crippen LogP contribution in [0.5, 0.6) is 0 Å². The quantitative estimate of drug-likeness (QED) is 0.521. The third kappa shape index (κ3) is 5.14. The number of halogens is 4. The van der Waals surface area contributed by atoms with Crippen molar-refractivity contribution in [3.05, 3.63) is 40.8 Å². The highest BCUT2D eigenvalue weighted by atomic mass is 35.5. The molecule has 0 saturated carbocycles. The van der Waals surface area contributed by atoms with Gasteiger partial charge in [0.1, 0.15) is 11.2 Å². The minimum absolute atomic E-state index is 0.0963. The van der Waals surface area contributed by atoms with Crippen molar-refractivity contribution in [1.82, 2.24) is 10.3 Å². The number of hydrogen-bond acceptors (Lipinski definition) is 3. The number of aromatic nitrogens is 1. The smallest absolute Gasteiger partial charge is 0.341 e. The molecule has 1 rings (SSSR count). The SMILES string of the molecule is C/C(C(=O)N[C@H](C)C(F)(F)F)=C(Cl)\N=C(/C)c1cccnc1. The number of carbonyl (C=O) groups is 1. The average molecular weight is 334 g/mol. The van der Waals surface area contributed by atoms with Gasteiger partial charge in [0.05, 0.1) is 5.57 Å². The Morgan fingerprint density at radius 1 is 1.41 bits per heavy atom. The second kappa shape index (κ2) is 7.40. The summed E-state index contributed by atoms with van der Waals surface area (Å²) in [6, 6.07) is 1.48. The lowest BCUT2D eigenvalue weighted by atomic mass is 10.2. The third-order valence-electron chi connectivity index (χ3n) is 2.83. The van der Waals surface area contributed by atoms with Crippen molar-refractivity contribution in [2.75, 3.05) is 0 Å². The third-order valence-corrected chi connectivity index (χ3v) is 3.20. The zero-order valence-corrected chi connectivity index (χ0v) is 13.0. The van der Waals surface area contributed by atoms with E-state index in [9.17, 15) is 18.0 Å². The van der Waals surface area contributed by atoms with Crippen molar-refractivity contribution in [3.63, 3.8) is 0 Å². The monoisotopic (exact) mass is 333 g/mol. The molecule has 0 aliphatic carbocycles. The van der Waals surface area contributed by atoms with Gasteiger partial charge < -0.3 is 5.32 Å². The first-order valence-corrected chi connectivity index (χ1v) is 6.70. The summed E-state index contributed by atoms with van der Waals surface area (Å²) in [6.07, 6.45) is -1.37. The lowest BCUT2D eigenvalue weighted by Gasteiger charge is -2.17. The molecule has 1 atom stereocenters. The molecule has 1 amide bonds. The van der Waals surface area contributed by atoms with Crippen molar-refractivity contribution in [2.24, 2.45) is 4.99 Å². The van der Waals surface area contributed by atoms with Crippen LogP contribution in [-0.4, -0.2) is 28.8 Å². The minimum atomic E-state index is -4.52. The normalized spacial score (nSPS) is 15.1. The lowest BCUT2D eigenvalue weighted by Crippen LogP contribution is -2.43. The zero-order chi connectivity index (χ0) is 16.9. The molecule has 0 aromatic carbocycles. The van der Waals surface area contributed by atoms with E-state index in [1.54, 1.807) is 31.5 Å². The van der Waals surface area contributed by atoms with E-state index in [-0.39, 0.29) is 10.7 Å². The summed E-state index contributed by atoms with van der Waals surface area (Å²) in [5, 5.41) is 1.65. The van der Waals surface area contributed by atoms with E-state index in [1.165, 1.54) is 6.92 Å². The second-order valence-corrected chi connectivity index (χ2v) is 4.95. The molecule has 1 N–H and O–H groups in total. The van der Waals surface area contributed by atoms with Crippen LogP contribution in [0.15, 0.2) is 40.2 Å². The maximum Gasteiger partial charge on any atom is 0.408 e. The number of amides is 1.